The van der Waals surface area contributed by atoms with Crippen molar-refractivity contribution in [2.24, 2.45) is 5.73 Å². The van der Waals surface area contributed by atoms with Crippen LogP contribution in [0.15, 0.2) is 0 Å². The Morgan fingerprint density at radius 1 is 1.47 bits per heavy atom. The summed E-state index contributed by atoms with van der Waals surface area (Å²) >= 11 is 3.23. The molecule has 0 aromatic rings. The lowest BCUT2D eigenvalue weighted by Crippen LogP contribution is -2.45. The van der Waals surface area contributed by atoms with E-state index < -0.39 is 18.0 Å². The molecule has 0 saturated carbocycles. The van der Waals surface area contributed by atoms with Crippen LogP contribution in [-0.4, -0.2) is 41.7 Å². The van der Waals surface area contributed by atoms with Gasteiger partial charge in [0.2, 0.25) is 5.91 Å². The van der Waals surface area contributed by atoms with Gasteiger partial charge in [-0.3, -0.25) is 10.1 Å². The molecule has 0 spiro atoms. The summed E-state index contributed by atoms with van der Waals surface area (Å²) in [5, 5.41) is 3.00. The van der Waals surface area contributed by atoms with Crippen molar-refractivity contribution < 1.29 is 14.3 Å². The highest BCUT2D eigenvalue weighted by atomic mass is 32.2. The van der Waals surface area contributed by atoms with Gasteiger partial charge in [0.25, 0.3) is 0 Å². The number of thioether (sulfide) groups is 2. The quantitative estimate of drug-likeness (QED) is 0.517. The van der Waals surface area contributed by atoms with E-state index in [2.05, 4.69) is 5.32 Å². The summed E-state index contributed by atoms with van der Waals surface area (Å²) in [6.07, 6.45) is 2.99. The maximum Gasteiger partial charge on any atom is 0.413 e. The summed E-state index contributed by atoms with van der Waals surface area (Å²) in [5.74, 6) is 0.00894. The number of alkyl carbamates (subject to hydrolysis) is 1. The molecule has 0 radical (unpaired) electrons. The van der Waals surface area contributed by atoms with Gasteiger partial charge in [-0.25, -0.2) is 4.79 Å². The van der Waals surface area contributed by atoms with E-state index in [1.165, 1.54) is 0 Å². The molecule has 0 aliphatic heterocycles. The Bertz CT molecular complexity index is 240. The third-order valence-electron chi connectivity index (χ3n) is 1.79. The molecule has 0 fully saturated rings. The zero-order valence-electron chi connectivity index (χ0n) is 10.2. The molecule has 0 aliphatic carbocycles. The highest BCUT2D eigenvalue weighted by molar-refractivity contribution is 8.15. The zero-order chi connectivity index (χ0) is 13.1. The van der Waals surface area contributed by atoms with E-state index in [1.807, 2.05) is 13.2 Å². The fourth-order valence-electron chi connectivity index (χ4n) is 0.873. The number of carbonyl (C=O) groups is 2. The van der Waals surface area contributed by atoms with Crippen LogP contribution in [-0.2, 0) is 9.53 Å². The average molecular weight is 280 g/mol. The SMILES string of the molecule is CCCCOC(=O)NC(=O)[C@@H](N)CSCSC. The van der Waals surface area contributed by atoms with Crippen molar-refractivity contribution in [3.63, 3.8) is 0 Å². The molecule has 0 rings (SSSR count). The lowest BCUT2D eigenvalue weighted by Gasteiger charge is -2.10. The highest BCUT2D eigenvalue weighted by Crippen LogP contribution is 2.08. The molecule has 0 bridgehead atoms. The lowest BCUT2D eigenvalue weighted by atomic mass is 10.3. The predicted octanol–water partition coefficient (Wildman–Crippen LogP) is 1.42. The molecular weight excluding hydrogens is 260 g/mol. The molecule has 1 atom stereocenters. The molecule has 0 aromatic carbocycles. The summed E-state index contributed by atoms with van der Waals surface area (Å²) in [4.78, 5) is 22.6. The van der Waals surface area contributed by atoms with Gasteiger partial charge >= 0.3 is 6.09 Å². The Labute approximate surface area is 111 Å². The lowest BCUT2D eigenvalue weighted by molar-refractivity contribution is -0.121. The van der Waals surface area contributed by atoms with Gasteiger partial charge in [0.05, 0.1) is 12.6 Å². The van der Waals surface area contributed by atoms with E-state index in [-0.39, 0.29) is 0 Å². The van der Waals surface area contributed by atoms with E-state index in [9.17, 15) is 9.59 Å². The van der Waals surface area contributed by atoms with E-state index in [0.717, 1.165) is 17.9 Å². The molecule has 0 heterocycles. The van der Waals surface area contributed by atoms with E-state index in [0.29, 0.717) is 12.4 Å². The maximum absolute atomic E-state index is 11.4. The summed E-state index contributed by atoms with van der Waals surface area (Å²) < 4.78 is 4.79. The van der Waals surface area contributed by atoms with Crippen molar-refractivity contribution >= 4 is 35.5 Å². The Kier molecular flexibility index (Phi) is 10.5. The van der Waals surface area contributed by atoms with E-state index in [1.54, 1.807) is 23.5 Å². The molecular formula is C10H20N2O3S2. The Hall–Kier alpha value is -0.400. The summed E-state index contributed by atoms with van der Waals surface area (Å²) in [7, 11) is 0. The number of amides is 2. The fourth-order valence-corrected chi connectivity index (χ4v) is 2.33. The van der Waals surface area contributed by atoms with Crippen molar-refractivity contribution in [1.29, 1.82) is 0 Å². The van der Waals surface area contributed by atoms with Crippen LogP contribution >= 0.6 is 23.5 Å². The molecule has 0 aromatic heterocycles. The van der Waals surface area contributed by atoms with Crippen LogP contribution in [0.3, 0.4) is 0 Å². The van der Waals surface area contributed by atoms with Gasteiger partial charge in [-0.2, -0.15) is 11.8 Å². The Morgan fingerprint density at radius 2 is 2.18 bits per heavy atom. The van der Waals surface area contributed by atoms with Crippen LogP contribution in [0.2, 0.25) is 0 Å². The standard InChI is InChI=1S/C10H20N2O3S2/c1-3-4-5-15-10(14)12-9(13)8(11)6-17-7-16-2/h8H,3-7,11H2,1-2H3,(H,12,13,14)/t8-/m0/s1. The molecule has 0 unspecified atom stereocenters. The summed E-state index contributed by atoms with van der Waals surface area (Å²) in [5.41, 5.74) is 5.61. The number of unbranched alkanes of at least 4 members (excludes halogenated alkanes) is 1. The maximum atomic E-state index is 11.4. The smallest absolute Gasteiger partial charge is 0.413 e. The number of ether oxygens (including phenoxy) is 1. The molecule has 5 nitrogen and oxygen atoms in total. The van der Waals surface area contributed by atoms with Crippen molar-refractivity contribution in [2.75, 3.05) is 23.7 Å². The zero-order valence-corrected chi connectivity index (χ0v) is 11.9. The summed E-state index contributed by atoms with van der Waals surface area (Å²) in [6.45, 7) is 2.32. The normalized spacial score (nSPS) is 11.9. The van der Waals surface area contributed by atoms with Gasteiger partial charge in [0, 0.05) is 10.8 Å². The number of rotatable bonds is 8. The minimum atomic E-state index is -0.714. The summed E-state index contributed by atoms with van der Waals surface area (Å²) in [6, 6.07) is -0.675. The second kappa shape index (κ2) is 10.7. The molecule has 0 aliphatic rings. The largest absolute Gasteiger partial charge is 0.449 e. The van der Waals surface area contributed by atoms with Crippen LogP contribution in [0.4, 0.5) is 4.79 Å². The molecule has 100 valence electrons. The van der Waals surface area contributed by atoms with Gasteiger partial charge in [-0.05, 0) is 12.7 Å². The van der Waals surface area contributed by atoms with Gasteiger partial charge < -0.3 is 10.5 Å². The predicted molar refractivity (Wildman–Crippen MR) is 73.2 cm³/mol. The fraction of sp³-hybridized carbons (Fsp3) is 0.800. The molecule has 2 amide bonds. The third-order valence-corrected chi connectivity index (χ3v) is 4.00. The number of carbonyl (C=O) groups excluding carboxylic acids is 2. The van der Waals surface area contributed by atoms with Crippen molar-refractivity contribution in [3.8, 4) is 0 Å². The first-order valence-corrected chi connectivity index (χ1v) is 7.96. The van der Waals surface area contributed by atoms with E-state index in [4.69, 9.17) is 10.5 Å². The van der Waals surface area contributed by atoms with Crippen molar-refractivity contribution in [2.45, 2.75) is 25.8 Å². The number of imide groups is 1. The topological polar surface area (TPSA) is 81.4 Å². The Morgan fingerprint density at radius 3 is 2.76 bits per heavy atom. The first-order chi connectivity index (χ1) is 8.11. The molecule has 17 heavy (non-hydrogen) atoms. The number of hydrogen-bond donors (Lipinski definition) is 2. The molecule has 3 N–H and O–H groups in total. The second-order valence-corrected chi connectivity index (χ2v) is 5.62. The van der Waals surface area contributed by atoms with Crippen LogP contribution in [0.25, 0.3) is 0 Å². The van der Waals surface area contributed by atoms with Crippen molar-refractivity contribution in [1.82, 2.24) is 5.32 Å². The number of nitrogens with one attached hydrogen (secondary N) is 1. The minimum Gasteiger partial charge on any atom is -0.449 e. The highest BCUT2D eigenvalue weighted by Gasteiger charge is 2.16. The van der Waals surface area contributed by atoms with Crippen LogP contribution in [0.1, 0.15) is 19.8 Å². The van der Waals surface area contributed by atoms with Gasteiger partial charge in [-0.15, -0.1) is 11.8 Å². The van der Waals surface area contributed by atoms with Gasteiger partial charge in [-0.1, -0.05) is 13.3 Å². The van der Waals surface area contributed by atoms with E-state index >= 15 is 0 Å². The second-order valence-electron chi connectivity index (χ2n) is 3.36. The first kappa shape index (κ1) is 16.6. The molecule has 0 saturated heterocycles. The number of hydrogen-bond acceptors (Lipinski definition) is 6. The van der Waals surface area contributed by atoms with Crippen molar-refractivity contribution in [3.05, 3.63) is 0 Å². The van der Waals surface area contributed by atoms with Gasteiger partial charge in [0.15, 0.2) is 0 Å². The van der Waals surface area contributed by atoms with Crippen LogP contribution in [0, 0.1) is 0 Å². The van der Waals surface area contributed by atoms with Crippen LogP contribution in [0.5, 0.6) is 0 Å². The minimum absolute atomic E-state index is 0.325. The number of nitrogens with two attached hydrogens (primary N) is 1. The third kappa shape index (κ3) is 9.31. The average Bonchev–Trinajstić information content (AvgIpc) is 2.29. The monoisotopic (exact) mass is 280 g/mol. The van der Waals surface area contributed by atoms with Gasteiger partial charge in [0.1, 0.15) is 0 Å². The first-order valence-electron chi connectivity index (χ1n) is 5.41. The molecule has 7 heteroatoms. The Balaban J connectivity index is 3.71. The van der Waals surface area contributed by atoms with Crippen LogP contribution < -0.4 is 11.1 Å².